The lowest BCUT2D eigenvalue weighted by molar-refractivity contribution is -0.136. The number of hydrogen-bond donors (Lipinski definition) is 2. The second-order valence-corrected chi connectivity index (χ2v) is 6.48. The zero-order valence-electron chi connectivity index (χ0n) is 12.6. The Morgan fingerprint density at radius 1 is 1.42 bits per heavy atom. The minimum absolute atomic E-state index is 0.0987. The monoisotopic (exact) mass is 270 g/mol. The van der Waals surface area contributed by atoms with E-state index in [1.165, 1.54) is 0 Å². The van der Waals surface area contributed by atoms with Crippen molar-refractivity contribution in [2.45, 2.75) is 59.5 Å². The van der Waals surface area contributed by atoms with Crippen LogP contribution < -0.4 is 5.32 Å². The summed E-state index contributed by atoms with van der Waals surface area (Å²) in [5, 5.41) is 11.3. The van der Waals surface area contributed by atoms with E-state index >= 15 is 0 Å². The van der Waals surface area contributed by atoms with Gasteiger partial charge in [-0.3, -0.25) is 4.79 Å². The summed E-state index contributed by atoms with van der Waals surface area (Å²) in [5.74, 6) is 0.424. The molecule has 0 spiro atoms. The van der Waals surface area contributed by atoms with Crippen LogP contribution in [0.3, 0.4) is 0 Å². The molecule has 0 radical (unpaired) electrons. The minimum Gasteiger partial charge on any atom is -0.465 e. The summed E-state index contributed by atoms with van der Waals surface area (Å²) < 4.78 is 0. The Labute approximate surface area is 115 Å². The average molecular weight is 270 g/mol. The van der Waals surface area contributed by atoms with Crippen LogP contribution in [-0.4, -0.2) is 40.6 Å². The van der Waals surface area contributed by atoms with E-state index in [1.54, 1.807) is 0 Å². The van der Waals surface area contributed by atoms with E-state index in [-0.39, 0.29) is 11.9 Å². The Morgan fingerprint density at radius 2 is 2.00 bits per heavy atom. The van der Waals surface area contributed by atoms with E-state index in [0.717, 1.165) is 19.4 Å². The third kappa shape index (κ3) is 3.61. The molecule has 1 fully saturated rings. The molecule has 0 saturated carbocycles. The van der Waals surface area contributed by atoms with E-state index in [2.05, 4.69) is 19.2 Å². The molecule has 0 aromatic rings. The molecule has 5 heteroatoms. The molecule has 3 atom stereocenters. The van der Waals surface area contributed by atoms with Crippen LogP contribution in [0.1, 0.15) is 47.5 Å². The van der Waals surface area contributed by atoms with E-state index in [1.807, 2.05) is 25.7 Å². The lowest BCUT2D eigenvalue weighted by Crippen LogP contribution is -2.55. The van der Waals surface area contributed by atoms with Gasteiger partial charge in [-0.1, -0.05) is 34.1 Å². The van der Waals surface area contributed by atoms with Gasteiger partial charge in [0.25, 0.3) is 0 Å². The van der Waals surface area contributed by atoms with Crippen LogP contribution in [-0.2, 0) is 4.79 Å². The Bertz CT molecular complexity index is 349. The molecule has 0 aromatic heterocycles. The fraction of sp³-hybridized carbons (Fsp3) is 0.857. The van der Waals surface area contributed by atoms with Gasteiger partial charge >= 0.3 is 6.09 Å². The Balaban J connectivity index is 2.86. The van der Waals surface area contributed by atoms with E-state index in [4.69, 9.17) is 5.11 Å². The van der Waals surface area contributed by atoms with Gasteiger partial charge in [-0.25, -0.2) is 4.79 Å². The molecule has 1 saturated heterocycles. The van der Waals surface area contributed by atoms with Crippen molar-refractivity contribution in [2.24, 2.45) is 11.3 Å². The topological polar surface area (TPSA) is 69.6 Å². The maximum Gasteiger partial charge on any atom is 0.405 e. The summed E-state index contributed by atoms with van der Waals surface area (Å²) in [5.41, 5.74) is -0.431. The number of carbonyl (C=O) groups is 2. The van der Waals surface area contributed by atoms with Gasteiger partial charge in [-0.05, 0) is 24.7 Å². The first-order valence-corrected chi connectivity index (χ1v) is 6.98. The number of nitrogens with zero attached hydrogens (tertiary/aromatic N) is 1. The summed E-state index contributed by atoms with van der Waals surface area (Å²) in [6.07, 6.45) is 0.914. The fourth-order valence-electron chi connectivity index (χ4n) is 2.80. The number of hydrogen-bond acceptors (Lipinski definition) is 2. The first-order valence-electron chi connectivity index (χ1n) is 6.98. The second kappa shape index (κ2) is 5.80. The highest BCUT2D eigenvalue weighted by Crippen LogP contribution is 2.30. The first kappa shape index (κ1) is 15.8. The van der Waals surface area contributed by atoms with Crippen molar-refractivity contribution >= 4 is 12.0 Å². The predicted octanol–water partition coefficient (Wildman–Crippen LogP) is 2.32. The van der Waals surface area contributed by atoms with E-state index in [9.17, 15) is 9.59 Å². The molecule has 2 N–H and O–H groups in total. The second-order valence-electron chi connectivity index (χ2n) is 6.48. The van der Waals surface area contributed by atoms with E-state index in [0.29, 0.717) is 5.92 Å². The van der Waals surface area contributed by atoms with Gasteiger partial charge in [0, 0.05) is 12.6 Å². The number of carbonyl (C=O) groups excluding carboxylic acids is 1. The Hall–Kier alpha value is -1.26. The van der Waals surface area contributed by atoms with Crippen molar-refractivity contribution in [1.29, 1.82) is 0 Å². The number of nitrogens with one attached hydrogen (secondary N) is 1. The SMILES string of the molecule is CCC1CCN(C(=O)[C@@H](NC(=O)O)C(C)(C)C)C1C. The molecule has 1 aliphatic rings. The highest BCUT2D eigenvalue weighted by Gasteiger charge is 2.40. The van der Waals surface area contributed by atoms with Gasteiger partial charge in [-0.2, -0.15) is 0 Å². The minimum atomic E-state index is -1.15. The Morgan fingerprint density at radius 3 is 2.37 bits per heavy atom. The molecule has 1 heterocycles. The Kier molecular flexibility index (Phi) is 4.82. The van der Waals surface area contributed by atoms with Gasteiger partial charge in [-0.15, -0.1) is 0 Å². The molecular weight excluding hydrogens is 244 g/mol. The van der Waals surface area contributed by atoms with Crippen molar-refractivity contribution in [2.75, 3.05) is 6.54 Å². The molecule has 0 bridgehead atoms. The van der Waals surface area contributed by atoms with Crippen molar-refractivity contribution in [3.05, 3.63) is 0 Å². The standard InChI is InChI=1S/C14H26N2O3/c1-6-10-7-8-16(9(10)2)12(17)11(14(3,4)5)15-13(18)19/h9-11,15H,6-8H2,1-5H3,(H,18,19)/t9?,10?,11-/m1/s1. The third-order valence-electron chi connectivity index (χ3n) is 4.10. The largest absolute Gasteiger partial charge is 0.465 e. The van der Waals surface area contributed by atoms with Crippen LogP contribution in [0.15, 0.2) is 0 Å². The highest BCUT2D eigenvalue weighted by atomic mass is 16.4. The number of rotatable bonds is 3. The zero-order valence-corrected chi connectivity index (χ0v) is 12.6. The summed E-state index contributed by atoms with van der Waals surface area (Å²) in [7, 11) is 0. The van der Waals surface area contributed by atoms with Gasteiger partial charge < -0.3 is 15.3 Å². The quantitative estimate of drug-likeness (QED) is 0.827. The summed E-state index contributed by atoms with van der Waals surface area (Å²) in [6.45, 7) is 10.6. The van der Waals surface area contributed by atoms with Crippen molar-refractivity contribution in [1.82, 2.24) is 10.2 Å². The van der Waals surface area contributed by atoms with Crippen molar-refractivity contribution in [3.8, 4) is 0 Å². The third-order valence-corrected chi connectivity index (χ3v) is 4.10. The molecule has 0 aromatic carbocycles. The van der Waals surface area contributed by atoms with Crippen LogP contribution in [0.2, 0.25) is 0 Å². The lowest BCUT2D eigenvalue weighted by Gasteiger charge is -2.35. The molecule has 1 rings (SSSR count). The van der Waals surface area contributed by atoms with Crippen LogP contribution in [0.25, 0.3) is 0 Å². The summed E-state index contributed by atoms with van der Waals surface area (Å²) in [6, 6.07) is -0.499. The number of likely N-dealkylation sites (tertiary alicyclic amines) is 1. The lowest BCUT2D eigenvalue weighted by atomic mass is 9.85. The first-order chi connectivity index (χ1) is 8.68. The molecule has 0 aliphatic carbocycles. The predicted molar refractivity (Wildman–Crippen MR) is 74.0 cm³/mol. The van der Waals surface area contributed by atoms with Crippen molar-refractivity contribution in [3.63, 3.8) is 0 Å². The molecule has 5 nitrogen and oxygen atoms in total. The molecule has 2 amide bonds. The van der Waals surface area contributed by atoms with Gasteiger partial charge in [0.2, 0.25) is 5.91 Å². The van der Waals surface area contributed by atoms with Gasteiger partial charge in [0.1, 0.15) is 6.04 Å². The maximum atomic E-state index is 12.6. The van der Waals surface area contributed by atoms with Crippen LogP contribution >= 0.6 is 0 Å². The highest BCUT2D eigenvalue weighted by molar-refractivity contribution is 5.86. The van der Waals surface area contributed by atoms with Gasteiger partial charge in [0.05, 0.1) is 0 Å². The summed E-state index contributed by atoms with van der Waals surface area (Å²) >= 11 is 0. The average Bonchev–Trinajstić information content (AvgIpc) is 2.64. The normalized spacial score (nSPS) is 25.2. The fourth-order valence-corrected chi connectivity index (χ4v) is 2.80. The molecular formula is C14H26N2O3. The maximum absolute atomic E-state index is 12.6. The smallest absolute Gasteiger partial charge is 0.405 e. The molecule has 19 heavy (non-hydrogen) atoms. The zero-order chi connectivity index (χ0) is 14.8. The number of carboxylic acid groups (broad SMARTS) is 1. The summed E-state index contributed by atoms with van der Waals surface area (Å²) in [4.78, 5) is 25.3. The van der Waals surface area contributed by atoms with Crippen molar-refractivity contribution < 1.29 is 14.7 Å². The molecule has 1 aliphatic heterocycles. The number of amides is 2. The van der Waals surface area contributed by atoms with Gasteiger partial charge in [0.15, 0.2) is 0 Å². The van der Waals surface area contributed by atoms with Crippen LogP contribution in [0, 0.1) is 11.3 Å². The van der Waals surface area contributed by atoms with Crippen LogP contribution in [0.5, 0.6) is 0 Å². The molecule has 2 unspecified atom stereocenters. The van der Waals surface area contributed by atoms with Crippen LogP contribution in [0.4, 0.5) is 4.79 Å². The van der Waals surface area contributed by atoms with E-state index < -0.39 is 17.6 Å². The molecule has 110 valence electrons.